The second kappa shape index (κ2) is 5.97. The van der Waals surface area contributed by atoms with E-state index in [1.54, 1.807) is 17.4 Å². The third-order valence-corrected chi connectivity index (χ3v) is 4.10. The van der Waals surface area contributed by atoms with E-state index in [1.165, 1.54) is 29.7 Å². The highest BCUT2D eigenvalue weighted by atomic mass is 32.1. The second-order valence-corrected chi connectivity index (χ2v) is 5.30. The molecule has 0 saturated heterocycles. The lowest BCUT2D eigenvalue weighted by molar-refractivity contribution is 0.0982. The molecule has 19 heavy (non-hydrogen) atoms. The topological polar surface area (TPSA) is 26.3 Å². The van der Waals surface area contributed by atoms with Gasteiger partial charge in [0.1, 0.15) is 0 Å². The van der Waals surface area contributed by atoms with Crippen molar-refractivity contribution in [3.05, 3.63) is 51.5 Å². The molecule has 0 aliphatic carbocycles. The molecule has 0 bridgehead atoms. The highest BCUT2D eigenvalue weighted by Crippen LogP contribution is 2.21. The first kappa shape index (κ1) is 13.7. The van der Waals surface area contributed by atoms with E-state index in [4.69, 9.17) is 4.74 Å². The van der Waals surface area contributed by atoms with Crippen LogP contribution in [0.3, 0.4) is 0 Å². The number of ketones is 1. The van der Waals surface area contributed by atoms with Gasteiger partial charge in [-0.3, -0.25) is 4.79 Å². The molecule has 0 saturated carbocycles. The minimum Gasteiger partial charge on any atom is -0.494 e. The van der Waals surface area contributed by atoms with Gasteiger partial charge >= 0.3 is 0 Å². The number of Topliss-reactive ketones (excluding diaryl/α,β-unsaturated/α-hetero) is 1. The Morgan fingerprint density at radius 1 is 1.37 bits per heavy atom. The van der Waals surface area contributed by atoms with Gasteiger partial charge in [-0.25, -0.2) is 4.39 Å². The van der Waals surface area contributed by atoms with Crippen LogP contribution in [-0.4, -0.2) is 12.9 Å². The van der Waals surface area contributed by atoms with Crippen molar-refractivity contribution in [3.8, 4) is 5.75 Å². The highest BCUT2D eigenvalue weighted by molar-refractivity contribution is 7.10. The quantitative estimate of drug-likeness (QED) is 0.772. The van der Waals surface area contributed by atoms with Crippen LogP contribution in [0.1, 0.15) is 27.2 Å². The van der Waals surface area contributed by atoms with Crippen LogP contribution in [-0.2, 0) is 6.42 Å². The van der Waals surface area contributed by atoms with Gasteiger partial charge in [-0.15, -0.1) is 11.3 Å². The van der Waals surface area contributed by atoms with Crippen LogP contribution in [0.4, 0.5) is 4.39 Å². The molecule has 1 aromatic carbocycles. The van der Waals surface area contributed by atoms with Crippen LogP contribution in [0.5, 0.6) is 5.75 Å². The van der Waals surface area contributed by atoms with Gasteiger partial charge in [0.25, 0.3) is 0 Å². The van der Waals surface area contributed by atoms with Crippen molar-refractivity contribution in [3.63, 3.8) is 0 Å². The summed E-state index contributed by atoms with van der Waals surface area (Å²) in [4.78, 5) is 13.2. The van der Waals surface area contributed by atoms with Crippen molar-refractivity contribution in [2.75, 3.05) is 7.11 Å². The molecule has 1 aromatic heterocycles. The van der Waals surface area contributed by atoms with Gasteiger partial charge in [0, 0.05) is 16.9 Å². The average molecular weight is 278 g/mol. The summed E-state index contributed by atoms with van der Waals surface area (Å²) in [5, 5.41) is 2.02. The maximum atomic E-state index is 13.5. The van der Waals surface area contributed by atoms with E-state index in [9.17, 15) is 9.18 Å². The third-order valence-electron chi connectivity index (χ3n) is 3.02. The van der Waals surface area contributed by atoms with Crippen LogP contribution in [0.15, 0.2) is 29.6 Å². The summed E-state index contributed by atoms with van der Waals surface area (Å²) in [6, 6.07) is 6.37. The van der Waals surface area contributed by atoms with Crippen LogP contribution >= 0.6 is 11.3 Å². The minimum absolute atomic E-state index is 0.0469. The van der Waals surface area contributed by atoms with E-state index in [0.29, 0.717) is 18.4 Å². The SMILES string of the molecule is COc1ccc(C(=O)CCc2sccc2C)cc1F. The van der Waals surface area contributed by atoms with Crippen LogP contribution in [0.25, 0.3) is 0 Å². The molecule has 0 spiro atoms. The zero-order chi connectivity index (χ0) is 13.8. The Morgan fingerprint density at radius 3 is 2.74 bits per heavy atom. The number of benzene rings is 1. The molecule has 0 aliphatic heterocycles. The molecule has 4 heteroatoms. The zero-order valence-electron chi connectivity index (χ0n) is 10.9. The molecular formula is C15H15FO2S. The number of rotatable bonds is 5. The van der Waals surface area contributed by atoms with Crippen molar-refractivity contribution in [2.24, 2.45) is 0 Å². The summed E-state index contributed by atoms with van der Waals surface area (Å²) in [7, 11) is 1.40. The number of methoxy groups -OCH3 is 1. The lowest BCUT2D eigenvalue weighted by Gasteiger charge is -2.04. The standard InChI is InChI=1S/C15H15FO2S/c1-10-7-8-19-15(10)6-4-13(17)11-3-5-14(18-2)12(16)9-11/h3,5,7-9H,4,6H2,1-2H3. The molecule has 0 amide bonds. The Kier molecular flexibility index (Phi) is 4.32. The van der Waals surface area contributed by atoms with E-state index in [1.807, 2.05) is 18.4 Å². The Bertz CT molecular complexity index is 590. The van der Waals surface area contributed by atoms with Crippen LogP contribution < -0.4 is 4.74 Å². The van der Waals surface area contributed by atoms with E-state index >= 15 is 0 Å². The van der Waals surface area contributed by atoms with E-state index in [2.05, 4.69) is 0 Å². The second-order valence-electron chi connectivity index (χ2n) is 4.30. The first-order valence-corrected chi connectivity index (χ1v) is 6.89. The fourth-order valence-electron chi connectivity index (χ4n) is 1.87. The Labute approximate surface area is 115 Å². The lowest BCUT2D eigenvalue weighted by atomic mass is 10.0. The summed E-state index contributed by atoms with van der Waals surface area (Å²) in [5.41, 5.74) is 1.60. The number of thiophene rings is 1. The lowest BCUT2D eigenvalue weighted by Crippen LogP contribution is -2.02. The molecule has 0 fully saturated rings. The van der Waals surface area contributed by atoms with Crippen molar-refractivity contribution < 1.29 is 13.9 Å². The first-order valence-electron chi connectivity index (χ1n) is 6.01. The number of carbonyl (C=O) groups is 1. The smallest absolute Gasteiger partial charge is 0.165 e. The molecule has 2 aromatic rings. The Balaban J connectivity index is 2.04. The monoisotopic (exact) mass is 278 g/mol. The molecule has 2 rings (SSSR count). The van der Waals surface area contributed by atoms with Gasteiger partial charge in [0.05, 0.1) is 7.11 Å². The van der Waals surface area contributed by atoms with E-state index in [-0.39, 0.29) is 11.5 Å². The molecule has 1 heterocycles. The first-order chi connectivity index (χ1) is 9.11. The van der Waals surface area contributed by atoms with Gasteiger partial charge < -0.3 is 4.74 Å². The largest absolute Gasteiger partial charge is 0.494 e. The highest BCUT2D eigenvalue weighted by Gasteiger charge is 2.11. The van der Waals surface area contributed by atoms with Crippen molar-refractivity contribution in [1.82, 2.24) is 0 Å². The molecule has 0 aliphatic rings. The molecule has 0 atom stereocenters. The summed E-state index contributed by atoms with van der Waals surface area (Å²) in [6.45, 7) is 2.03. The van der Waals surface area contributed by atoms with Gasteiger partial charge in [-0.05, 0) is 48.6 Å². The summed E-state index contributed by atoms with van der Waals surface area (Å²) in [6.07, 6.45) is 1.10. The fraction of sp³-hybridized carbons (Fsp3) is 0.267. The van der Waals surface area contributed by atoms with Crippen LogP contribution in [0.2, 0.25) is 0 Å². The Hall–Kier alpha value is -1.68. The number of ether oxygens (including phenoxy) is 1. The average Bonchev–Trinajstić information content (AvgIpc) is 2.81. The van der Waals surface area contributed by atoms with Gasteiger partial charge in [0.15, 0.2) is 17.3 Å². The Morgan fingerprint density at radius 2 is 2.16 bits per heavy atom. The maximum Gasteiger partial charge on any atom is 0.165 e. The molecule has 100 valence electrons. The molecule has 0 unspecified atom stereocenters. The number of hydrogen-bond donors (Lipinski definition) is 0. The summed E-state index contributed by atoms with van der Waals surface area (Å²) >= 11 is 1.65. The molecule has 0 radical (unpaired) electrons. The molecule has 2 nitrogen and oxygen atoms in total. The van der Waals surface area contributed by atoms with Gasteiger partial charge in [-0.1, -0.05) is 0 Å². The molecular weight excluding hydrogens is 263 g/mol. The van der Waals surface area contributed by atoms with Crippen LogP contribution in [0, 0.1) is 12.7 Å². The van der Waals surface area contributed by atoms with Crippen molar-refractivity contribution in [1.29, 1.82) is 0 Å². The number of carbonyl (C=O) groups excluding carboxylic acids is 1. The predicted octanol–water partition coefficient (Wildman–Crippen LogP) is 4.02. The number of aryl methyl sites for hydroxylation is 2. The van der Waals surface area contributed by atoms with Crippen molar-refractivity contribution >= 4 is 17.1 Å². The minimum atomic E-state index is -0.499. The van der Waals surface area contributed by atoms with Gasteiger partial charge in [-0.2, -0.15) is 0 Å². The third kappa shape index (κ3) is 3.20. The maximum absolute atomic E-state index is 13.5. The van der Waals surface area contributed by atoms with Crippen molar-refractivity contribution in [2.45, 2.75) is 19.8 Å². The molecule has 0 N–H and O–H groups in total. The van der Waals surface area contributed by atoms with Gasteiger partial charge in [0.2, 0.25) is 0 Å². The fourth-order valence-corrected chi connectivity index (χ4v) is 2.78. The van der Waals surface area contributed by atoms with E-state index in [0.717, 1.165) is 0 Å². The zero-order valence-corrected chi connectivity index (χ0v) is 11.7. The summed E-state index contributed by atoms with van der Waals surface area (Å²) in [5.74, 6) is -0.388. The van der Waals surface area contributed by atoms with E-state index < -0.39 is 5.82 Å². The number of hydrogen-bond acceptors (Lipinski definition) is 3. The number of halogens is 1. The summed E-state index contributed by atoms with van der Waals surface area (Å²) < 4.78 is 18.3. The predicted molar refractivity (Wildman–Crippen MR) is 74.7 cm³/mol. The normalized spacial score (nSPS) is 10.5.